The number of aliphatic hydroxyl groups is 2. The molecule has 0 aliphatic carbocycles. The number of amides is 2. The number of aliphatic hydroxyl groups excluding tert-OH is 2. The van der Waals surface area contributed by atoms with Gasteiger partial charge in [-0.15, -0.1) is 0 Å². The molecule has 0 saturated heterocycles. The Balaban J connectivity index is 2.76. The molecule has 18 heavy (non-hydrogen) atoms. The Morgan fingerprint density at radius 2 is 2.11 bits per heavy atom. The number of carbonyl (C=O) groups is 2. The maximum atomic E-state index is 10.9. The topological polar surface area (TPSA) is 126 Å². The highest BCUT2D eigenvalue weighted by Gasteiger charge is 2.19. The number of carbonyl (C=O) groups excluding carboxylic acids is 2. The molecule has 7 nitrogen and oxygen atoms in total. The number of aromatic nitrogens is 1. The van der Waals surface area contributed by atoms with E-state index in [1.807, 2.05) is 0 Å². The molecular formula is C11H15N3O4. The monoisotopic (exact) mass is 253 g/mol. The fourth-order valence-electron chi connectivity index (χ4n) is 1.34. The number of primary amides is 1. The van der Waals surface area contributed by atoms with E-state index >= 15 is 0 Å². The van der Waals surface area contributed by atoms with Crippen molar-refractivity contribution in [2.75, 3.05) is 6.54 Å². The summed E-state index contributed by atoms with van der Waals surface area (Å²) in [6.07, 6.45) is 0.120. The number of nitrogens with one attached hydrogen (secondary N) is 1. The number of nitrogens with zero attached hydrogens (tertiary/aromatic N) is 1. The first-order chi connectivity index (χ1) is 8.41. The fraction of sp³-hybridized carbons (Fsp3) is 0.364. The van der Waals surface area contributed by atoms with Crippen LogP contribution < -0.4 is 11.1 Å². The minimum absolute atomic E-state index is 0.0999. The van der Waals surface area contributed by atoms with E-state index in [1.54, 1.807) is 0 Å². The van der Waals surface area contributed by atoms with Gasteiger partial charge in [0.25, 0.3) is 0 Å². The van der Waals surface area contributed by atoms with Crippen molar-refractivity contribution in [3.8, 4) is 0 Å². The Hall–Kier alpha value is -1.99. The third-order valence-electron chi connectivity index (χ3n) is 2.31. The van der Waals surface area contributed by atoms with Crippen LogP contribution >= 0.6 is 0 Å². The zero-order valence-electron chi connectivity index (χ0n) is 9.83. The number of nitrogens with two attached hydrogens (primary N) is 1. The lowest BCUT2D eigenvalue weighted by molar-refractivity contribution is -0.119. The van der Waals surface area contributed by atoms with E-state index < -0.39 is 18.1 Å². The van der Waals surface area contributed by atoms with Gasteiger partial charge in [0.15, 0.2) is 0 Å². The van der Waals surface area contributed by atoms with Gasteiger partial charge in [-0.2, -0.15) is 0 Å². The molecule has 0 aliphatic heterocycles. The van der Waals surface area contributed by atoms with Gasteiger partial charge in [0.05, 0.1) is 5.56 Å². The molecular weight excluding hydrogens is 238 g/mol. The molecule has 1 aromatic heterocycles. The Labute approximate surface area is 104 Å². The van der Waals surface area contributed by atoms with E-state index in [0.717, 1.165) is 0 Å². The first kappa shape index (κ1) is 14.1. The van der Waals surface area contributed by atoms with Crippen molar-refractivity contribution < 1.29 is 19.8 Å². The van der Waals surface area contributed by atoms with Crippen LogP contribution in [-0.4, -0.2) is 39.7 Å². The average Bonchev–Trinajstić information content (AvgIpc) is 2.35. The van der Waals surface area contributed by atoms with Crippen LogP contribution in [0, 0.1) is 0 Å². The summed E-state index contributed by atoms with van der Waals surface area (Å²) in [5.74, 6) is -0.988. The van der Waals surface area contributed by atoms with Crippen LogP contribution in [0.4, 0.5) is 0 Å². The van der Waals surface area contributed by atoms with Crippen molar-refractivity contribution in [1.29, 1.82) is 0 Å². The lowest BCUT2D eigenvalue weighted by Gasteiger charge is -2.18. The van der Waals surface area contributed by atoms with E-state index in [-0.39, 0.29) is 23.6 Å². The molecule has 5 N–H and O–H groups in total. The van der Waals surface area contributed by atoms with Gasteiger partial charge in [-0.1, -0.05) is 0 Å². The Kier molecular flexibility index (Phi) is 4.75. The Morgan fingerprint density at radius 1 is 1.44 bits per heavy atom. The number of hydrogen-bond acceptors (Lipinski definition) is 5. The number of hydrogen-bond donors (Lipinski definition) is 4. The summed E-state index contributed by atoms with van der Waals surface area (Å²) < 4.78 is 0. The van der Waals surface area contributed by atoms with Gasteiger partial charge < -0.3 is 21.3 Å². The fourth-order valence-corrected chi connectivity index (χ4v) is 1.34. The van der Waals surface area contributed by atoms with Crippen LogP contribution in [0.15, 0.2) is 18.5 Å². The van der Waals surface area contributed by atoms with E-state index in [9.17, 15) is 19.8 Å². The van der Waals surface area contributed by atoms with Crippen LogP contribution in [0.1, 0.15) is 28.9 Å². The highest BCUT2D eigenvalue weighted by atomic mass is 16.3. The molecule has 1 aromatic rings. The molecule has 2 unspecified atom stereocenters. The SMILES string of the molecule is CC(=O)NCC(O)C(O)c1cncc(C(N)=O)c1. The quantitative estimate of drug-likeness (QED) is 0.519. The second-order valence-corrected chi connectivity index (χ2v) is 3.82. The first-order valence-corrected chi connectivity index (χ1v) is 5.27. The molecule has 7 heteroatoms. The molecule has 0 bridgehead atoms. The van der Waals surface area contributed by atoms with Crippen molar-refractivity contribution >= 4 is 11.8 Å². The summed E-state index contributed by atoms with van der Waals surface area (Å²) in [5.41, 5.74) is 5.47. The summed E-state index contributed by atoms with van der Waals surface area (Å²) in [7, 11) is 0. The molecule has 2 amide bonds. The highest BCUT2D eigenvalue weighted by Crippen LogP contribution is 2.16. The van der Waals surface area contributed by atoms with Gasteiger partial charge in [-0.25, -0.2) is 0 Å². The minimum Gasteiger partial charge on any atom is -0.388 e. The van der Waals surface area contributed by atoms with E-state index in [4.69, 9.17) is 5.73 Å². The second kappa shape index (κ2) is 6.08. The minimum atomic E-state index is -1.26. The summed E-state index contributed by atoms with van der Waals surface area (Å²) in [4.78, 5) is 25.4. The molecule has 0 saturated carbocycles. The summed E-state index contributed by atoms with van der Waals surface area (Å²) in [5, 5.41) is 21.8. The van der Waals surface area contributed by atoms with Crippen molar-refractivity contribution in [3.05, 3.63) is 29.6 Å². The van der Waals surface area contributed by atoms with Crippen LogP contribution in [0.3, 0.4) is 0 Å². The molecule has 0 fully saturated rings. The van der Waals surface area contributed by atoms with Crippen LogP contribution in [-0.2, 0) is 4.79 Å². The largest absolute Gasteiger partial charge is 0.388 e. The van der Waals surface area contributed by atoms with Crippen LogP contribution in [0.5, 0.6) is 0 Å². The van der Waals surface area contributed by atoms with E-state index in [2.05, 4.69) is 10.3 Å². The summed E-state index contributed by atoms with van der Waals surface area (Å²) in [6, 6.07) is 1.34. The van der Waals surface area contributed by atoms with E-state index in [1.165, 1.54) is 25.4 Å². The van der Waals surface area contributed by atoms with Gasteiger partial charge in [-0.05, 0) is 6.07 Å². The van der Waals surface area contributed by atoms with Crippen LogP contribution in [0.2, 0.25) is 0 Å². The zero-order valence-corrected chi connectivity index (χ0v) is 9.83. The molecule has 1 heterocycles. The lowest BCUT2D eigenvalue weighted by atomic mass is 10.0. The van der Waals surface area contributed by atoms with Gasteiger partial charge in [0.1, 0.15) is 12.2 Å². The third-order valence-corrected chi connectivity index (χ3v) is 2.31. The smallest absolute Gasteiger partial charge is 0.250 e. The van der Waals surface area contributed by atoms with Gasteiger partial charge >= 0.3 is 0 Å². The number of rotatable bonds is 5. The predicted octanol–water partition coefficient (Wildman–Crippen LogP) is -1.29. The summed E-state index contributed by atoms with van der Waals surface area (Å²) in [6.45, 7) is 1.20. The Morgan fingerprint density at radius 3 is 2.67 bits per heavy atom. The molecule has 1 rings (SSSR count). The Bertz CT molecular complexity index is 450. The van der Waals surface area contributed by atoms with Crippen molar-refractivity contribution in [2.45, 2.75) is 19.1 Å². The van der Waals surface area contributed by atoms with Crippen LogP contribution in [0.25, 0.3) is 0 Å². The van der Waals surface area contributed by atoms with Gasteiger partial charge in [-0.3, -0.25) is 14.6 Å². The molecule has 0 aromatic carbocycles. The third kappa shape index (κ3) is 3.79. The maximum Gasteiger partial charge on any atom is 0.250 e. The lowest BCUT2D eigenvalue weighted by Crippen LogP contribution is -2.34. The molecule has 98 valence electrons. The van der Waals surface area contributed by atoms with Gasteiger partial charge in [0, 0.05) is 31.4 Å². The van der Waals surface area contributed by atoms with Gasteiger partial charge in [0.2, 0.25) is 11.8 Å². The maximum absolute atomic E-state index is 10.9. The normalized spacial score (nSPS) is 13.7. The average molecular weight is 253 g/mol. The van der Waals surface area contributed by atoms with Crippen molar-refractivity contribution in [1.82, 2.24) is 10.3 Å². The predicted molar refractivity (Wildman–Crippen MR) is 62.4 cm³/mol. The molecule has 2 atom stereocenters. The van der Waals surface area contributed by atoms with Crippen molar-refractivity contribution in [2.24, 2.45) is 5.73 Å². The van der Waals surface area contributed by atoms with Crippen molar-refractivity contribution in [3.63, 3.8) is 0 Å². The standard InChI is InChI=1S/C11H15N3O4/c1-6(15)14-5-9(16)10(17)7-2-8(11(12)18)4-13-3-7/h2-4,9-10,16-17H,5H2,1H3,(H2,12,18)(H,14,15). The molecule has 0 spiro atoms. The zero-order chi connectivity index (χ0) is 13.7. The second-order valence-electron chi connectivity index (χ2n) is 3.82. The number of pyridine rings is 1. The highest BCUT2D eigenvalue weighted by molar-refractivity contribution is 5.92. The van der Waals surface area contributed by atoms with E-state index in [0.29, 0.717) is 0 Å². The molecule has 0 aliphatic rings. The first-order valence-electron chi connectivity index (χ1n) is 5.27. The molecule has 0 radical (unpaired) electrons. The summed E-state index contributed by atoms with van der Waals surface area (Å²) >= 11 is 0.